The van der Waals surface area contributed by atoms with Gasteiger partial charge in [-0.2, -0.15) is 11.8 Å². The average Bonchev–Trinajstić information content (AvgIpc) is 2.70. The molecule has 3 aromatic carbocycles. The van der Waals surface area contributed by atoms with Gasteiger partial charge in [0.1, 0.15) is 0 Å². The number of benzene rings is 3. The Hall–Kier alpha value is -2.72. The van der Waals surface area contributed by atoms with Crippen molar-refractivity contribution in [1.29, 1.82) is 0 Å². The molecule has 0 bridgehead atoms. The van der Waals surface area contributed by atoms with Crippen molar-refractivity contribution in [2.24, 2.45) is 0 Å². The van der Waals surface area contributed by atoms with Gasteiger partial charge in [-0.15, -0.1) is 0 Å². The zero-order valence-corrected chi connectivity index (χ0v) is 15.3. The number of anilines is 1. The minimum absolute atomic E-state index is 0.169. The van der Waals surface area contributed by atoms with Crippen molar-refractivity contribution in [1.82, 2.24) is 5.32 Å². The molecule has 0 fully saturated rings. The highest BCUT2D eigenvalue weighted by Crippen LogP contribution is 2.20. The first-order valence-electron chi connectivity index (χ1n) is 8.63. The normalized spacial score (nSPS) is 10.3. The van der Waals surface area contributed by atoms with Crippen LogP contribution in [0.25, 0.3) is 11.1 Å². The molecule has 0 aliphatic heterocycles. The van der Waals surface area contributed by atoms with Crippen LogP contribution in [-0.2, 0) is 5.75 Å². The molecule has 3 nitrogen and oxygen atoms in total. The lowest BCUT2D eigenvalue weighted by molar-refractivity contribution is 0.252. The predicted molar refractivity (Wildman–Crippen MR) is 112 cm³/mol. The summed E-state index contributed by atoms with van der Waals surface area (Å²) in [7, 11) is 0. The SMILES string of the molecule is O=C(NCCSCc1ccccc1)Nc1ccc(-c2ccccc2)cc1. The number of nitrogens with one attached hydrogen (secondary N) is 2. The van der Waals surface area contributed by atoms with Gasteiger partial charge in [0, 0.05) is 23.7 Å². The number of carbonyl (C=O) groups is 1. The second-order valence-corrected chi connectivity index (χ2v) is 6.97. The zero-order chi connectivity index (χ0) is 18.0. The molecular formula is C22H22N2OS. The molecule has 3 aromatic rings. The fourth-order valence-corrected chi connectivity index (χ4v) is 3.37. The Morgan fingerprint density at radius 1 is 0.769 bits per heavy atom. The van der Waals surface area contributed by atoms with Gasteiger partial charge in [0.05, 0.1) is 0 Å². The van der Waals surface area contributed by atoms with Crippen LogP contribution in [0.4, 0.5) is 10.5 Å². The topological polar surface area (TPSA) is 41.1 Å². The Balaban J connectivity index is 1.38. The van der Waals surface area contributed by atoms with Crippen molar-refractivity contribution in [3.63, 3.8) is 0 Å². The smallest absolute Gasteiger partial charge is 0.319 e. The number of carbonyl (C=O) groups excluding carboxylic acids is 1. The Bertz CT molecular complexity index is 805. The monoisotopic (exact) mass is 362 g/mol. The van der Waals surface area contributed by atoms with Gasteiger partial charge in [-0.05, 0) is 28.8 Å². The van der Waals surface area contributed by atoms with Gasteiger partial charge in [0.25, 0.3) is 0 Å². The summed E-state index contributed by atoms with van der Waals surface area (Å²) < 4.78 is 0. The van der Waals surface area contributed by atoms with Crippen molar-refractivity contribution in [3.8, 4) is 11.1 Å². The maximum Gasteiger partial charge on any atom is 0.319 e. The third-order valence-corrected chi connectivity index (χ3v) is 4.92. The summed E-state index contributed by atoms with van der Waals surface area (Å²) in [6.45, 7) is 0.644. The minimum atomic E-state index is -0.169. The standard InChI is InChI=1S/C22H22N2OS/c25-22(23-15-16-26-17-18-7-3-1-4-8-18)24-21-13-11-20(12-14-21)19-9-5-2-6-10-19/h1-14H,15-17H2,(H2,23,24,25). The number of rotatable bonds is 7. The van der Waals surface area contributed by atoms with E-state index in [9.17, 15) is 4.79 Å². The van der Waals surface area contributed by atoms with Crippen LogP contribution in [0.3, 0.4) is 0 Å². The third kappa shape index (κ3) is 5.67. The Morgan fingerprint density at radius 3 is 2.08 bits per heavy atom. The summed E-state index contributed by atoms with van der Waals surface area (Å²) in [6.07, 6.45) is 0. The van der Waals surface area contributed by atoms with E-state index in [1.807, 2.05) is 72.4 Å². The lowest BCUT2D eigenvalue weighted by Gasteiger charge is -2.08. The summed E-state index contributed by atoms with van der Waals surface area (Å²) in [4.78, 5) is 12.0. The molecule has 0 aliphatic carbocycles. The van der Waals surface area contributed by atoms with E-state index in [0.717, 1.165) is 22.8 Å². The number of hydrogen-bond donors (Lipinski definition) is 2. The first-order valence-corrected chi connectivity index (χ1v) is 9.79. The van der Waals surface area contributed by atoms with Crippen LogP contribution in [0.5, 0.6) is 0 Å². The average molecular weight is 362 g/mol. The molecule has 0 unspecified atom stereocenters. The first-order chi connectivity index (χ1) is 12.8. The minimum Gasteiger partial charge on any atom is -0.337 e. The highest BCUT2D eigenvalue weighted by Gasteiger charge is 2.02. The third-order valence-electron chi connectivity index (χ3n) is 3.89. The lowest BCUT2D eigenvalue weighted by atomic mass is 10.1. The molecule has 0 radical (unpaired) electrons. The molecule has 0 atom stereocenters. The van der Waals surface area contributed by atoms with Crippen LogP contribution in [0.15, 0.2) is 84.9 Å². The molecule has 3 rings (SSSR count). The van der Waals surface area contributed by atoms with Gasteiger partial charge in [-0.3, -0.25) is 0 Å². The van der Waals surface area contributed by atoms with Crippen molar-refractivity contribution in [3.05, 3.63) is 90.5 Å². The Labute approximate surface area is 158 Å². The number of amides is 2. The fourth-order valence-electron chi connectivity index (χ4n) is 2.55. The van der Waals surface area contributed by atoms with Crippen molar-refractivity contribution < 1.29 is 4.79 Å². The summed E-state index contributed by atoms with van der Waals surface area (Å²) >= 11 is 1.81. The summed E-state index contributed by atoms with van der Waals surface area (Å²) in [6, 6.07) is 28.2. The number of hydrogen-bond acceptors (Lipinski definition) is 2. The lowest BCUT2D eigenvalue weighted by Crippen LogP contribution is -2.30. The van der Waals surface area contributed by atoms with E-state index in [2.05, 4.69) is 34.9 Å². The summed E-state index contributed by atoms with van der Waals surface area (Å²) in [5, 5.41) is 5.76. The van der Waals surface area contributed by atoms with Crippen molar-refractivity contribution in [2.75, 3.05) is 17.6 Å². The van der Waals surface area contributed by atoms with Crippen LogP contribution in [-0.4, -0.2) is 18.3 Å². The highest BCUT2D eigenvalue weighted by molar-refractivity contribution is 7.98. The van der Waals surface area contributed by atoms with E-state index < -0.39 is 0 Å². The zero-order valence-electron chi connectivity index (χ0n) is 14.5. The molecule has 26 heavy (non-hydrogen) atoms. The molecule has 0 heterocycles. The van der Waals surface area contributed by atoms with Crippen LogP contribution in [0.2, 0.25) is 0 Å². The van der Waals surface area contributed by atoms with Gasteiger partial charge in [-0.1, -0.05) is 72.8 Å². The molecule has 2 N–H and O–H groups in total. The molecule has 4 heteroatoms. The predicted octanol–water partition coefficient (Wildman–Crippen LogP) is 5.41. The maximum atomic E-state index is 12.0. The molecule has 0 spiro atoms. The molecule has 132 valence electrons. The molecular weight excluding hydrogens is 340 g/mol. The molecule has 0 aliphatic rings. The van der Waals surface area contributed by atoms with Gasteiger partial charge in [-0.25, -0.2) is 4.79 Å². The van der Waals surface area contributed by atoms with Gasteiger partial charge < -0.3 is 10.6 Å². The maximum absolute atomic E-state index is 12.0. The molecule has 2 amide bonds. The van der Waals surface area contributed by atoms with Crippen LogP contribution in [0, 0.1) is 0 Å². The summed E-state index contributed by atoms with van der Waals surface area (Å²) in [5.74, 6) is 1.85. The van der Waals surface area contributed by atoms with Gasteiger partial charge in [0.15, 0.2) is 0 Å². The van der Waals surface area contributed by atoms with Crippen LogP contribution >= 0.6 is 11.8 Å². The van der Waals surface area contributed by atoms with Crippen LogP contribution in [0.1, 0.15) is 5.56 Å². The van der Waals surface area contributed by atoms with E-state index in [-0.39, 0.29) is 6.03 Å². The second-order valence-electron chi connectivity index (χ2n) is 5.86. The van der Waals surface area contributed by atoms with Crippen molar-refractivity contribution in [2.45, 2.75) is 5.75 Å². The highest BCUT2D eigenvalue weighted by atomic mass is 32.2. The Kier molecular flexibility index (Phi) is 6.73. The number of thioether (sulfide) groups is 1. The van der Waals surface area contributed by atoms with E-state index in [4.69, 9.17) is 0 Å². The van der Waals surface area contributed by atoms with E-state index in [1.54, 1.807) is 0 Å². The fraction of sp³-hybridized carbons (Fsp3) is 0.136. The van der Waals surface area contributed by atoms with Crippen LogP contribution < -0.4 is 10.6 Å². The number of urea groups is 1. The van der Waals surface area contributed by atoms with Crippen molar-refractivity contribution >= 4 is 23.5 Å². The quantitative estimate of drug-likeness (QED) is 0.552. The van der Waals surface area contributed by atoms with E-state index in [1.165, 1.54) is 11.1 Å². The molecule has 0 saturated heterocycles. The largest absolute Gasteiger partial charge is 0.337 e. The molecule has 0 aromatic heterocycles. The first kappa shape index (κ1) is 18.1. The Morgan fingerprint density at radius 2 is 1.38 bits per heavy atom. The van der Waals surface area contributed by atoms with Gasteiger partial charge in [0.2, 0.25) is 0 Å². The van der Waals surface area contributed by atoms with E-state index in [0.29, 0.717) is 6.54 Å². The summed E-state index contributed by atoms with van der Waals surface area (Å²) in [5.41, 5.74) is 4.40. The van der Waals surface area contributed by atoms with E-state index >= 15 is 0 Å². The second kappa shape index (κ2) is 9.68. The molecule has 0 saturated carbocycles. The van der Waals surface area contributed by atoms with Gasteiger partial charge >= 0.3 is 6.03 Å².